The summed E-state index contributed by atoms with van der Waals surface area (Å²) in [5.41, 5.74) is 4.21. The first-order valence-electron chi connectivity index (χ1n) is 10.1. The Bertz CT molecular complexity index is 1580. The Hall–Kier alpha value is -3.82. The Balaban J connectivity index is 1.72. The predicted octanol–water partition coefficient (Wildman–Crippen LogP) is 7.32. The molecule has 0 fully saturated rings. The summed E-state index contributed by atoms with van der Waals surface area (Å²) in [5, 5.41) is 5.95. The molecule has 6 rings (SSSR count). The normalized spacial score (nSPS) is 11.4. The first-order chi connectivity index (χ1) is 15.3. The van der Waals surface area contributed by atoms with Gasteiger partial charge in [0.1, 0.15) is 0 Å². The third-order valence-corrected chi connectivity index (χ3v) is 5.77. The summed E-state index contributed by atoms with van der Waals surface area (Å²) >= 11 is 6.36. The smallest absolute Gasteiger partial charge is 0.223 e. The molecule has 0 aliphatic rings. The van der Waals surface area contributed by atoms with Gasteiger partial charge >= 0.3 is 0 Å². The highest BCUT2D eigenvalue weighted by atomic mass is 35.5. The van der Waals surface area contributed by atoms with Gasteiger partial charge in [-0.2, -0.15) is 0 Å². The SMILES string of the molecule is Clc1nc(-c2ccccc2)cc(-c2nc3ccccc3c3c2ccc2ccccc23)n1. The number of benzene rings is 4. The van der Waals surface area contributed by atoms with Crippen LogP contribution in [-0.4, -0.2) is 15.0 Å². The van der Waals surface area contributed by atoms with Gasteiger partial charge in [0.25, 0.3) is 0 Å². The number of fused-ring (bicyclic) bond motifs is 5. The maximum atomic E-state index is 6.36. The Labute approximate surface area is 184 Å². The monoisotopic (exact) mass is 417 g/mol. The number of hydrogen-bond donors (Lipinski definition) is 0. The molecule has 0 amide bonds. The fourth-order valence-corrected chi connectivity index (χ4v) is 4.40. The average Bonchev–Trinajstić information content (AvgIpc) is 2.83. The van der Waals surface area contributed by atoms with E-state index in [1.54, 1.807) is 0 Å². The van der Waals surface area contributed by atoms with Crippen LogP contribution < -0.4 is 0 Å². The van der Waals surface area contributed by atoms with Gasteiger partial charge in [-0.1, -0.05) is 84.9 Å². The van der Waals surface area contributed by atoms with E-state index < -0.39 is 0 Å². The quantitative estimate of drug-likeness (QED) is 0.219. The van der Waals surface area contributed by atoms with Gasteiger partial charge in [-0.05, 0) is 34.5 Å². The summed E-state index contributed by atoms with van der Waals surface area (Å²) < 4.78 is 0. The van der Waals surface area contributed by atoms with Crippen LogP contribution in [0.3, 0.4) is 0 Å². The number of aromatic nitrogens is 3. The van der Waals surface area contributed by atoms with Crippen molar-refractivity contribution in [2.45, 2.75) is 0 Å². The maximum Gasteiger partial charge on any atom is 0.223 e. The van der Waals surface area contributed by atoms with Crippen molar-refractivity contribution in [2.24, 2.45) is 0 Å². The van der Waals surface area contributed by atoms with E-state index >= 15 is 0 Å². The molecular formula is C27H16ClN3. The molecule has 31 heavy (non-hydrogen) atoms. The van der Waals surface area contributed by atoms with Gasteiger partial charge in [0.05, 0.1) is 22.6 Å². The van der Waals surface area contributed by atoms with Gasteiger partial charge in [-0.3, -0.25) is 0 Å². The topological polar surface area (TPSA) is 38.7 Å². The average molecular weight is 418 g/mol. The third kappa shape index (κ3) is 3.02. The lowest BCUT2D eigenvalue weighted by Gasteiger charge is -2.13. The largest absolute Gasteiger partial charge is 0.245 e. The van der Waals surface area contributed by atoms with Crippen LogP contribution in [0.5, 0.6) is 0 Å². The van der Waals surface area contributed by atoms with Crippen LogP contribution in [0.15, 0.2) is 97.1 Å². The summed E-state index contributed by atoms with van der Waals surface area (Å²) in [7, 11) is 0. The van der Waals surface area contributed by atoms with Gasteiger partial charge < -0.3 is 0 Å². The number of rotatable bonds is 2. The number of hydrogen-bond acceptors (Lipinski definition) is 3. The second kappa shape index (κ2) is 7.15. The maximum absolute atomic E-state index is 6.36. The Morgan fingerprint density at radius 2 is 1.26 bits per heavy atom. The standard InChI is InChI=1S/C27H16ClN3/c28-27-30-23(18-9-2-1-3-10-18)16-24(31-27)26-21-15-14-17-8-4-5-11-19(17)25(21)20-12-6-7-13-22(20)29-26/h1-16H. The molecule has 0 saturated carbocycles. The van der Waals surface area contributed by atoms with Crippen molar-refractivity contribution in [3.05, 3.63) is 102 Å². The van der Waals surface area contributed by atoms with Gasteiger partial charge in [0, 0.05) is 21.7 Å². The molecule has 146 valence electrons. The number of para-hydroxylation sites is 1. The third-order valence-electron chi connectivity index (χ3n) is 5.60. The molecule has 0 saturated heterocycles. The number of halogens is 1. The minimum Gasteiger partial charge on any atom is -0.245 e. The van der Waals surface area contributed by atoms with Gasteiger partial charge in [0.2, 0.25) is 5.28 Å². The second-order valence-corrected chi connectivity index (χ2v) is 7.80. The minimum atomic E-state index is 0.209. The molecule has 6 aromatic rings. The lowest BCUT2D eigenvalue weighted by atomic mass is 9.96. The molecule has 3 nitrogen and oxygen atoms in total. The van der Waals surface area contributed by atoms with Crippen molar-refractivity contribution in [3.63, 3.8) is 0 Å². The molecule has 0 aliphatic carbocycles. The number of pyridine rings is 1. The van der Waals surface area contributed by atoms with E-state index in [-0.39, 0.29) is 5.28 Å². The van der Waals surface area contributed by atoms with Crippen molar-refractivity contribution in [1.29, 1.82) is 0 Å². The molecule has 4 aromatic carbocycles. The van der Waals surface area contributed by atoms with Gasteiger partial charge in [0.15, 0.2) is 0 Å². The molecule has 4 heteroatoms. The van der Waals surface area contributed by atoms with E-state index in [0.29, 0.717) is 5.69 Å². The van der Waals surface area contributed by atoms with Crippen LogP contribution in [0.4, 0.5) is 0 Å². The van der Waals surface area contributed by atoms with Crippen LogP contribution >= 0.6 is 11.6 Å². The number of nitrogens with zero attached hydrogens (tertiary/aromatic N) is 3. The molecule has 0 aliphatic heterocycles. The molecule has 0 atom stereocenters. The zero-order chi connectivity index (χ0) is 20.8. The Morgan fingerprint density at radius 3 is 2.13 bits per heavy atom. The van der Waals surface area contributed by atoms with Gasteiger partial charge in [-0.25, -0.2) is 15.0 Å². The van der Waals surface area contributed by atoms with Gasteiger partial charge in [-0.15, -0.1) is 0 Å². The fraction of sp³-hybridized carbons (Fsp3) is 0. The van der Waals surface area contributed by atoms with E-state index in [9.17, 15) is 0 Å². The molecule has 0 N–H and O–H groups in total. The van der Waals surface area contributed by atoms with Crippen LogP contribution in [0.25, 0.3) is 55.1 Å². The van der Waals surface area contributed by atoms with E-state index in [4.69, 9.17) is 16.6 Å². The Morgan fingerprint density at radius 1 is 0.548 bits per heavy atom. The highest BCUT2D eigenvalue weighted by Gasteiger charge is 2.15. The molecule has 0 unspecified atom stereocenters. The highest BCUT2D eigenvalue weighted by Crippen LogP contribution is 2.37. The summed E-state index contributed by atoms with van der Waals surface area (Å²) in [5.74, 6) is 0. The molecule has 2 heterocycles. The van der Waals surface area contributed by atoms with Crippen molar-refractivity contribution in [1.82, 2.24) is 15.0 Å². The minimum absolute atomic E-state index is 0.209. The van der Waals surface area contributed by atoms with Crippen molar-refractivity contribution >= 4 is 44.0 Å². The fourth-order valence-electron chi connectivity index (χ4n) is 4.21. The van der Waals surface area contributed by atoms with Crippen molar-refractivity contribution in [3.8, 4) is 22.6 Å². The molecular weight excluding hydrogens is 402 g/mol. The summed E-state index contributed by atoms with van der Waals surface area (Å²) in [6, 6.07) is 32.9. The van der Waals surface area contributed by atoms with Crippen molar-refractivity contribution in [2.75, 3.05) is 0 Å². The predicted molar refractivity (Wildman–Crippen MR) is 128 cm³/mol. The lowest BCUT2D eigenvalue weighted by molar-refractivity contribution is 1.17. The van der Waals surface area contributed by atoms with E-state index in [0.717, 1.165) is 33.2 Å². The van der Waals surface area contributed by atoms with Crippen LogP contribution in [-0.2, 0) is 0 Å². The van der Waals surface area contributed by atoms with Crippen molar-refractivity contribution < 1.29 is 0 Å². The molecule has 0 radical (unpaired) electrons. The summed E-state index contributed by atoms with van der Waals surface area (Å²) in [6.45, 7) is 0. The highest BCUT2D eigenvalue weighted by molar-refractivity contribution is 6.28. The lowest BCUT2D eigenvalue weighted by Crippen LogP contribution is -1.96. The first-order valence-corrected chi connectivity index (χ1v) is 10.5. The van der Waals surface area contributed by atoms with Crippen LogP contribution in [0.1, 0.15) is 0 Å². The molecule has 2 aromatic heterocycles. The van der Waals surface area contributed by atoms with E-state index in [1.165, 1.54) is 16.2 Å². The van der Waals surface area contributed by atoms with E-state index in [2.05, 4.69) is 58.5 Å². The van der Waals surface area contributed by atoms with E-state index in [1.807, 2.05) is 48.5 Å². The molecule has 0 spiro atoms. The summed E-state index contributed by atoms with van der Waals surface area (Å²) in [4.78, 5) is 14.0. The molecule has 0 bridgehead atoms. The zero-order valence-corrected chi connectivity index (χ0v) is 17.2. The van der Waals surface area contributed by atoms with Crippen LogP contribution in [0, 0.1) is 0 Å². The second-order valence-electron chi connectivity index (χ2n) is 7.46. The first kappa shape index (κ1) is 18.0. The zero-order valence-electron chi connectivity index (χ0n) is 16.5. The van der Waals surface area contributed by atoms with Crippen LogP contribution in [0.2, 0.25) is 5.28 Å². The Kier molecular flexibility index (Phi) is 4.15. The summed E-state index contributed by atoms with van der Waals surface area (Å²) in [6.07, 6.45) is 0.